The Balaban J connectivity index is 1.55. The van der Waals surface area contributed by atoms with Gasteiger partial charge in [-0.3, -0.25) is 0 Å². The monoisotopic (exact) mass is 389 g/mol. The van der Waals surface area contributed by atoms with Crippen molar-refractivity contribution in [3.8, 4) is 17.1 Å². The average Bonchev–Trinajstić information content (AvgIpc) is 3.21. The number of aromatic nitrogens is 1. The van der Waals surface area contributed by atoms with Crippen LogP contribution in [0.15, 0.2) is 34.9 Å². The van der Waals surface area contributed by atoms with Crippen LogP contribution < -0.4 is 10.1 Å². The summed E-state index contributed by atoms with van der Waals surface area (Å²) in [5, 5.41) is 16.6. The van der Waals surface area contributed by atoms with Crippen molar-refractivity contribution in [2.75, 3.05) is 40.5 Å². The summed E-state index contributed by atoms with van der Waals surface area (Å²) in [6, 6.07) is 9.07. The molecule has 152 valence electrons. The van der Waals surface area contributed by atoms with E-state index in [0.29, 0.717) is 31.2 Å². The van der Waals surface area contributed by atoms with Crippen molar-refractivity contribution in [3.05, 3.63) is 36.0 Å². The second-order valence-corrected chi connectivity index (χ2v) is 7.20. The van der Waals surface area contributed by atoms with Gasteiger partial charge in [-0.25, -0.2) is 4.79 Å². The summed E-state index contributed by atoms with van der Waals surface area (Å²) in [6.07, 6.45) is 1.49. The quantitative estimate of drug-likeness (QED) is 0.754. The number of urea groups is 1. The van der Waals surface area contributed by atoms with E-state index in [-0.39, 0.29) is 24.6 Å². The van der Waals surface area contributed by atoms with E-state index in [0.717, 1.165) is 24.2 Å². The van der Waals surface area contributed by atoms with Gasteiger partial charge in [0.15, 0.2) is 5.76 Å². The Bertz CT molecular complexity index is 786. The third-order valence-corrected chi connectivity index (χ3v) is 5.14. The van der Waals surface area contributed by atoms with E-state index in [1.165, 1.54) is 0 Å². The number of nitrogens with zero attached hydrogens (tertiary/aromatic N) is 2. The molecule has 0 radical (unpaired) electrons. The molecule has 1 saturated heterocycles. The number of aliphatic hydroxyl groups excluding tert-OH is 1. The number of carbonyl (C=O) groups excluding carboxylic acids is 1. The van der Waals surface area contributed by atoms with Gasteiger partial charge >= 0.3 is 6.03 Å². The fourth-order valence-electron chi connectivity index (χ4n) is 3.35. The molecule has 0 saturated carbocycles. The maximum absolute atomic E-state index is 12.4. The zero-order valence-corrected chi connectivity index (χ0v) is 16.3. The van der Waals surface area contributed by atoms with Crippen LogP contribution in [0.5, 0.6) is 5.75 Å². The summed E-state index contributed by atoms with van der Waals surface area (Å²) in [7, 11) is 3.34. The number of methoxy groups -OCH3 is 1. The first kappa shape index (κ1) is 20.2. The third kappa shape index (κ3) is 4.82. The normalized spacial score (nSPS) is 15.8. The molecule has 1 aromatic heterocycles. The first-order chi connectivity index (χ1) is 13.5. The molecule has 8 heteroatoms. The molecule has 2 amide bonds. The molecular weight excluding hydrogens is 362 g/mol. The number of benzene rings is 1. The number of amides is 2. The van der Waals surface area contributed by atoms with Crippen molar-refractivity contribution >= 4 is 6.03 Å². The summed E-state index contributed by atoms with van der Waals surface area (Å²) in [6.45, 7) is 2.00. The molecule has 0 bridgehead atoms. The predicted molar refractivity (Wildman–Crippen MR) is 103 cm³/mol. The second-order valence-electron chi connectivity index (χ2n) is 7.20. The Kier molecular flexibility index (Phi) is 6.53. The summed E-state index contributed by atoms with van der Waals surface area (Å²) >= 11 is 0. The van der Waals surface area contributed by atoms with Crippen molar-refractivity contribution < 1.29 is 23.9 Å². The van der Waals surface area contributed by atoms with E-state index >= 15 is 0 Å². The van der Waals surface area contributed by atoms with E-state index in [2.05, 4.69) is 10.5 Å². The molecule has 28 heavy (non-hydrogen) atoms. The summed E-state index contributed by atoms with van der Waals surface area (Å²) in [5.74, 6) is 1.34. The minimum atomic E-state index is -0.294. The molecule has 8 nitrogen and oxygen atoms in total. The molecular formula is C20H27N3O5. The van der Waals surface area contributed by atoms with Gasteiger partial charge in [-0.2, -0.15) is 0 Å². The standard InChI is InChI=1S/C20H27N3O5/c1-23(13-20(14-24)6-8-27-9-7-20)19(25)21-12-16-11-18(28-22-16)15-4-3-5-17(10-15)26-2/h3-5,10-11,24H,6-9,12-14H2,1-2H3,(H,21,25). The molecule has 2 heterocycles. The van der Waals surface area contributed by atoms with Crippen molar-refractivity contribution in [2.24, 2.45) is 5.41 Å². The number of hydrogen-bond donors (Lipinski definition) is 2. The third-order valence-electron chi connectivity index (χ3n) is 5.14. The zero-order chi connectivity index (χ0) is 20.0. The Hall–Kier alpha value is -2.58. The van der Waals surface area contributed by atoms with Crippen LogP contribution in [0.1, 0.15) is 18.5 Å². The first-order valence-corrected chi connectivity index (χ1v) is 9.33. The lowest BCUT2D eigenvalue weighted by Gasteiger charge is -2.38. The maximum Gasteiger partial charge on any atom is 0.317 e. The van der Waals surface area contributed by atoms with Gasteiger partial charge in [0.2, 0.25) is 0 Å². The van der Waals surface area contributed by atoms with E-state index < -0.39 is 0 Å². The van der Waals surface area contributed by atoms with Gasteiger partial charge in [0.1, 0.15) is 11.4 Å². The molecule has 1 aromatic carbocycles. The summed E-state index contributed by atoms with van der Waals surface area (Å²) in [5.41, 5.74) is 1.19. The van der Waals surface area contributed by atoms with Crippen LogP contribution in [-0.2, 0) is 11.3 Å². The number of nitrogens with one attached hydrogen (secondary N) is 1. The van der Waals surface area contributed by atoms with Crippen LogP contribution in [0.2, 0.25) is 0 Å². The number of rotatable bonds is 7. The first-order valence-electron chi connectivity index (χ1n) is 9.33. The van der Waals surface area contributed by atoms with Crippen molar-refractivity contribution in [1.29, 1.82) is 0 Å². The van der Waals surface area contributed by atoms with Crippen LogP contribution in [-0.4, -0.2) is 61.7 Å². The lowest BCUT2D eigenvalue weighted by molar-refractivity contribution is -0.0261. The molecule has 2 aromatic rings. The van der Waals surface area contributed by atoms with Crippen molar-refractivity contribution in [1.82, 2.24) is 15.4 Å². The molecule has 0 unspecified atom stereocenters. The fourth-order valence-corrected chi connectivity index (χ4v) is 3.35. The Morgan fingerprint density at radius 2 is 2.14 bits per heavy atom. The molecule has 0 aliphatic carbocycles. The molecule has 1 aliphatic heterocycles. The van der Waals surface area contributed by atoms with Crippen LogP contribution in [0.4, 0.5) is 4.79 Å². The number of hydrogen-bond acceptors (Lipinski definition) is 6. The van der Waals surface area contributed by atoms with Crippen LogP contribution >= 0.6 is 0 Å². The minimum absolute atomic E-state index is 0.0428. The van der Waals surface area contributed by atoms with Gasteiger partial charge in [-0.15, -0.1) is 0 Å². The summed E-state index contributed by atoms with van der Waals surface area (Å²) < 4.78 is 16.0. The largest absolute Gasteiger partial charge is 0.497 e. The summed E-state index contributed by atoms with van der Waals surface area (Å²) in [4.78, 5) is 14.0. The number of ether oxygens (including phenoxy) is 2. The van der Waals surface area contributed by atoms with Gasteiger partial charge in [-0.1, -0.05) is 17.3 Å². The van der Waals surface area contributed by atoms with E-state index in [9.17, 15) is 9.90 Å². The second kappa shape index (κ2) is 9.07. The minimum Gasteiger partial charge on any atom is -0.497 e. The van der Waals surface area contributed by atoms with Crippen molar-refractivity contribution in [3.63, 3.8) is 0 Å². The number of aliphatic hydroxyl groups is 1. The highest BCUT2D eigenvalue weighted by Gasteiger charge is 2.34. The molecule has 2 N–H and O–H groups in total. The van der Waals surface area contributed by atoms with E-state index in [1.807, 2.05) is 24.3 Å². The van der Waals surface area contributed by atoms with Crippen LogP contribution in [0.25, 0.3) is 11.3 Å². The average molecular weight is 389 g/mol. The van der Waals surface area contributed by atoms with E-state index in [1.54, 1.807) is 25.1 Å². The Morgan fingerprint density at radius 3 is 2.86 bits per heavy atom. The highest BCUT2D eigenvalue weighted by molar-refractivity contribution is 5.73. The lowest BCUT2D eigenvalue weighted by Crippen LogP contribution is -2.47. The molecule has 3 rings (SSSR count). The van der Waals surface area contributed by atoms with Gasteiger partial charge in [0.25, 0.3) is 0 Å². The van der Waals surface area contributed by atoms with Gasteiger partial charge < -0.3 is 29.3 Å². The Labute approximate surface area is 164 Å². The molecule has 1 fully saturated rings. The van der Waals surface area contributed by atoms with Crippen LogP contribution in [0.3, 0.4) is 0 Å². The van der Waals surface area contributed by atoms with Gasteiger partial charge in [0, 0.05) is 43.9 Å². The fraction of sp³-hybridized carbons (Fsp3) is 0.500. The maximum atomic E-state index is 12.4. The number of carbonyl (C=O) groups is 1. The lowest BCUT2D eigenvalue weighted by atomic mass is 9.80. The molecule has 0 spiro atoms. The van der Waals surface area contributed by atoms with Crippen molar-refractivity contribution in [2.45, 2.75) is 19.4 Å². The smallest absolute Gasteiger partial charge is 0.317 e. The molecule has 0 atom stereocenters. The topological polar surface area (TPSA) is 97.1 Å². The predicted octanol–water partition coefficient (Wildman–Crippen LogP) is 2.28. The highest BCUT2D eigenvalue weighted by Crippen LogP contribution is 2.30. The highest BCUT2D eigenvalue weighted by atomic mass is 16.5. The van der Waals surface area contributed by atoms with E-state index in [4.69, 9.17) is 14.0 Å². The van der Waals surface area contributed by atoms with Crippen LogP contribution in [0, 0.1) is 5.41 Å². The van der Waals surface area contributed by atoms with Gasteiger partial charge in [0.05, 0.1) is 20.3 Å². The van der Waals surface area contributed by atoms with Gasteiger partial charge in [-0.05, 0) is 25.0 Å². The Morgan fingerprint density at radius 1 is 1.36 bits per heavy atom. The zero-order valence-electron chi connectivity index (χ0n) is 16.3. The SMILES string of the molecule is COc1cccc(-c2cc(CNC(=O)N(C)CC3(CO)CCOCC3)no2)c1. The molecule has 1 aliphatic rings.